The monoisotopic (exact) mass is 321 g/mol. The molecule has 0 aliphatic rings. The van der Waals surface area contributed by atoms with E-state index < -0.39 is 17.2 Å². The molecule has 0 aromatic heterocycles. The number of halogens is 3. The summed E-state index contributed by atoms with van der Waals surface area (Å²) in [4.78, 5) is 12.5. The lowest BCUT2D eigenvalue weighted by Gasteiger charge is -2.26. The van der Waals surface area contributed by atoms with Crippen molar-refractivity contribution >= 4 is 11.6 Å². The Kier molecular flexibility index (Phi) is 4.50. The van der Waals surface area contributed by atoms with E-state index in [0.29, 0.717) is 5.69 Å². The van der Waals surface area contributed by atoms with Crippen molar-refractivity contribution in [2.45, 2.75) is 32.4 Å². The van der Waals surface area contributed by atoms with E-state index in [1.165, 1.54) is 12.1 Å². The number of carbonyl (C=O) groups is 1. The average Bonchev–Trinajstić information content (AvgIpc) is 2.47. The lowest BCUT2D eigenvalue weighted by atomic mass is 9.81. The number of carbonyl (C=O) groups excluding carboxylic acids is 1. The first-order valence-electron chi connectivity index (χ1n) is 7.17. The summed E-state index contributed by atoms with van der Waals surface area (Å²) in [6.07, 6.45) is -4.39. The topological polar surface area (TPSA) is 29.1 Å². The van der Waals surface area contributed by atoms with Crippen LogP contribution < -0.4 is 5.32 Å². The van der Waals surface area contributed by atoms with Crippen molar-refractivity contribution in [2.24, 2.45) is 0 Å². The van der Waals surface area contributed by atoms with Crippen molar-refractivity contribution in [3.05, 3.63) is 65.2 Å². The Bertz CT molecular complexity index is 703. The molecule has 2 aromatic carbocycles. The van der Waals surface area contributed by atoms with E-state index in [0.717, 1.165) is 23.3 Å². The van der Waals surface area contributed by atoms with E-state index in [1.54, 1.807) is 13.8 Å². The fourth-order valence-corrected chi connectivity index (χ4v) is 2.43. The molecule has 2 aromatic rings. The molecule has 0 saturated heterocycles. The number of hydrogen-bond donors (Lipinski definition) is 1. The van der Waals surface area contributed by atoms with Gasteiger partial charge >= 0.3 is 6.18 Å². The Morgan fingerprint density at radius 1 is 0.957 bits per heavy atom. The first-order chi connectivity index (χ1) is 10.6. The smallest absolute Gasteiger partial charge is 0.325 e. The van der Waals surface area contributed by atoms with Crippen molar-refractivity contribution in [1.82, 2.24) is 0 Å². The van der Waals surface area contributed by atoms with E-state index in [9.17, 15) is 18.0 Å². The number of alkyl halides is 3. The zero-order valence-electron chi connectivity index (χ0n) is 13.2. The molecule has 5 heteroatoms. The third-order valence-corrected chi connectivity index (χ3v) is 3.86. The number of hydrogen-bond acceptors (Lipinski definition) is 1. The van der Waals surface area contributed by atoms with Crippen molar-refractivity contribution in [2.75, 3.05) is 5.32 Å². The van der Waals surface area contributed by atoms with E-state index in [4.69, 9.17) is 0 Å². The second-order valence-electron chi connectivity index (χ2n) is 5.97. The normalized spacial score (nSPS) is 12.1. The van der Waals surface area contributed by atoms with E-state index in [-0.39, 0.29) is 5.91 Å². The minimum absolute atomic E-state index is 0.272. The summed E-state index contributed by atoms with van der Waals surface area (Å²) in [5, 5.41) is 2.68. The second kappa shape index (κ2) is 6.07. The fraction of sp³-hybridized carbons (Fsp3) is 0.278. The summed E-state index contributed by atoms with van der Waals surface area (Å²) in [7, 11) is 0. The molecule has 122 valence electrons. The number of rotatable bonds is 3. The van der Waals surface area contributed by atoms with Crippen LogP contribution >= 0.6 is 0 Å². The number of aryl methyl sites for hydroxylation is 1. The van der Waals surface area contributed by atoms with Gasteiger partial charge in [0.1, 0.15) is 0 Å². The summed E-state index contributed by atoms with van der Waals surface area (Å²) in [6.45, 7) is 5.49. The molecule has 2 nitrogen and oxygen atoms in total. The van der Waals surface area contributed by atoms with E-state index >= 15 is 0 Å². The van der Waals surface area contributed by atoms with Crippen LogP contribution in [0.1, 0.15) is 30.5 Å². The quantitative estimate of drug-likeness (QED) is 0.853. The Morgan fingerprint density at radius 3 is 2.04 bits per heavy atom. The van der Waals surface area contributed by atoms with Crippen LogP contribution in [-0.2, 0) is 16.4 Å². The van der Waals surface area contributed by atoms with Crippen LogP contribution in [0.25, 0.3) is 0 Å². The van der Waals surface area contributed by atoms with Gasteiger partial charge in [-0.25, -0.2) is 0 Å². The number of benzene rings is 2. The van der Waals surface area contributed by atoms with Crippen LogP contribution in [0.2, 0.25) is 0 Å². The van der Waals surface area contributed by atoms with Crippen LogP contribution in [0.3, 0.4) is 0 Å². The Labute approximate surface area is 133 Å². The highest BCUT2D eigenvalue weighted by Gasteiger charge is 2.32. The summed E-state index contributed by atoms with van der Waals surface area (Å²) >= 11 is 0. The molecule has 2 rings (SSSR count). The van der Waals surface area contributed by atoms with Gasteiger partial charge in [-0.05, 0) is 56.2 Å². The molecule has 0 aliphatic carbocycles. The molecule has 0 fully saturated rings. The standard InChI is InChI=1S/C18H18F3NO/c1-12-6-4-5-7-15(12)17(2,3)16(23)22-14-10-8-13(9-11-14)18(19,20)21/h4-11H,1-3H3,(H,22,23). The number of anilines is 1. The highest BCUT2D eigenvalue weighted by Crippen LogP contribution is 2.31. The molecule has 0 unspecified atom stereocenters. The van der Waals surface area contributed by atoms with Gasteiger partial charge in [-0.3, -0.25) is 4.79 Å². The Morgan fingerprint density at radius 2 is 1.52 bits per heavy atom. The van der Waals surface area contributed by atoms with Gasteiger partial charge in [-0.1, -0.05) is 24.3 Å². The zero-order valence-corrected chi connectivity index (χ0v) is 13.2. The maximum Gasteiger partial charge on any atom is 0.416 e. The fourth-order valence-electron chi connectivity index (χ4n) is 2.43. The SMILES string of the molecule is Cc1ccccc1C(C)(C)C(=O)Nc1ccc(C(F)(F)F)cc1. The molecule has 0 bridgehead atoms. The molecular weight excluding hydrogens is 303 g/mol. The van der Waals surface area contributed by atoms with Crippen LogP contribution in [0.4, 0.5) is 18.9 Å². The summed E-state index contributed by atoms with van der Waals surface area (Å²) in [5.74, 6) is -0.272. The van der Waals surface area contributed by atoms with Crippen LogP contribution in [0.15, 0.2) is 48.5 Å². The number of nitrogens with one attached hydrogen (secondary N) is 1. The molecule has 0 aliphatic heterocycles. The molecule has 23 heavy (non-hydrogen) atoms. The molecular formula is C18H18F3NO. The molecule has 0 saturated carbocycles. The molecule has 1 amide bonds. The van der Waals surface area contributed by atoms with Crippen LogP contribution in [-0.4, -0.2) is 5.91 Å². The van der Waals surface area contributed by atoms with Crippen molar-refractivity contribution in [3.8, 4) is 0 Å². The largest absolute Gasteiger partial charge is 0.416 e. The summed E-state index contributed by atoms with van der Waals surface area (Å²) in [5.41, 5.74) is 0.663. The van der Waals surface area contributed by atoms with E-state index in [1.807, 2.05) is 31.2 Å². The highest BCUT2D eigenvalue weighted by atomic mass is 19.4. The first-order valence-corrected chi connectivity index (χ1v) is 7.17. The maximum absolute atomic E-state index is 12.5. The van der Waals surface area contributed by atoms with Crippen molar-refractivity contribution in [3.63, 3.8) is 0 Å². The lowest BCUT2D eigenvalue weighted by molar-refractivity contribution is -0.137. The summed E-state index contributed by atoms with van der Waals surface area (Å²) in [6, 6.07) is 12.0. The van der Waals surface area contributed by atoms with Gasteiger partial charge < -0.3 is 5.32 Å². The third-order valence-electron chi connectivity index (χ3n) is 3.86. The Hall–Kier alpha value is -2.30. The third kappa shape index (κ3) is 3.73. The molecule has 0 atom stereocenters. The first kappa shape index (κ1) is 17.1. The van der Waals surface area contributed by atoms with Crippen molar-refractivity contribution < 1.29 is 18.0 Å². The van der Waals surface area contributed by atoms with Gasteiger partial charge in [-0.2, -0.15) is 13.2 Å². The van der Waals surface area contributed by atoms with Gasteiger partial charge in [0.15, 0.2) is 0 Å². The van der Waals surface area contributed by atoms with Gasteiger partial charge in [0, 0.05) is 5.69 Å². The number of amides is 1. The molecule has 1 N–H and O–H groups in total. The van der Waals surface area contributed by atoms with Gasteiger partial charge in [-0.15, -0.1) is 0 Å². The predicted octanol–water partition coefficient (Wildman–Crippen LogP) is 4.93. The summed E-state index contributed by atoms with van der Waals surface area (Å²) < 4.78 is 37.6. The van der Waals surface area contributed by atoms with E-state index in [2.05, 4.69) is 5.32 Å². The second-order valence-corrected chi connectivity index (χ2v) is 5.97. The molecule has 0 radical (unpaired) electrons. The lowest BCUT2D eigenvalue weighted by Crippen LogP contribution is -2.35. The van der Waals surface area contributed by atoms with Crippen LogP contribution in [0, 0.1) is 6.92 Å². The predicted molar refractivity (Wildman–Crippen MR) is 84.3 cm³/mol. The average molecular weight is 321 g/mol. The zero-order chi connectivity index (χ0) is 17.3. The van der Waals surface area contributed by atoms with Gasteiger partial charge in [0.2, 0.25) is 5.91 Å². The minimum atomic E-state index is -4.39. The van der Waals surface area contributed by atoms with Gasteiger partial charge in [0.25, 0.3) is 0 Å². The molecule has 0 heterocycles. The highest BCUT2D eigenvalue weighted by molar-refractivity contribution is 5.98. The molecule has 0 spiro atoms. The van der Waals surface area contributed by atoms with Gasteiger partial charge in [0.05, 0.1) is 11.0 Å². The Balaban J connectivity index is 2.20. The van der Waals surface area contributed by atoms with Crippen molar-refractivity contribution in [1.29, 1.82) is 0 Å². The minimum Gasteiger partial charge on any atom is -0.325 e. The maximum atomic E-state index is 12.5. The van der Waals surface area contributed by atoms with Crippen LogP contribution in [0.5, 0.6) is 0 Å².